The van der Waals surface area contributed by atoms with Crippen LogP contribution in [0, 0.1) is 17.6 Å². The first-order valence-electron chi connectivity index (χ1n) is 8.91. The van der Waals surface area contributed by atoms with Crippen LogP contribution in [-0.2, 0) is 4.79 Å². The molecule has 3 rings (SSSR count). The Morgan fingerprint density at radius 3 is 2.28 bits per heavy atom. The number of nitrogens with zero attached hydrogens (tertiary/aromatic N) is 1. The lowest BCUT2D eigenvalue weighted by molar-refractivity contribution is -0.121. The average Bonchev–Trinajstić information content (AvgIpc) is 2.67. The smallest absolute Gasteiger partial charge is 0.256 e. The normalized spacial score (nSPS) is 14.5. The molecule has 1 aliphatic heterocycles. The van der Waals surface area contributed by atoms with Gasteiger partial charge in [-0.3, -0.25) is 14.4 Å². The minimum atomic E-state index is -0.911. The molecule has 0 aromatic heterocycles. The summed E-state index contributed by atoms with van der Waals surface area (Å²) in [6.45, 7) is 0.546. The first kappa shape index (κ1) is 20.7. The molecule has 0 unspecified atom stereocenters. The van der Waals surface area contributed by atoms with E-state index in [-0.39, 0.29) is 41.1 Å². The monoisotopic (exact) mass is 421 g/mol. The number of amides is 3. The number of rotatable bonds is 4. The third kappa shape index (κ3) is 4.71. The van der Waals surface area contributed by atoms with Crippen molar-refractivity contribution in [3.8, 4) is 0 Å². The summed E-state index contributed by atoms with van der Waals surface area (Å²) < 4.78 is 26.8. The number of halogens is 3. The lowest BCUT2D eigenvalue weighted by Crippen LogP contribution is -2.41. The lowest BCUT2D eigenvalue weighted by atomic mass is 9.95. The number of anilines is 1. The van der Waals surface area contributed by atoms with Crippen LogP contribution in [0.15, 0.2) is 36.4 Å². The third-order valence-electron chi connectivity index (χ3n) is 4.82. The van der Waals surface area contributed by atoms with Crippen molar-refractivity contribution in [1.29, 1.82) is 0 Å². The summed E-state index contributed by atoms with van der Waals surface area (Å²) in [5.74, 6) is -3.44. The molecule has 1 saturated heterocycles. The number of piperidine rings is 1. The fourth-order valence-corrected chi connectivity index (χ4v) is 3.49. The predicted octanol–water partition coefficient (Wildman–Crippen LogP) is 3.21. The van der Waals surface area contributed by atoms with E-state index in [2.05, 4.69) is 5.32 Å². The van der Waals surface area contributed by atoms with Gasteiger partial charge in [0.1, 0.15) is 11.6 Å². The number of likely N-dealkylation sites (tertiary alicyclic amines) is 1. The van der Waals surface area contributed by atoms with Crippen LogP contribution in [0.25, 0.3) is 0 Å². The van der Waals surface area contributed by atoms with E-state index in [9.17, 15) is 23.2 Å². The van der Waals surface area contributed by atoms with Crippen molar-refractivity contribution in [2.45, 2.75) is 12.8 Å². The molecule has 2 aromatic carbocycles. The van der Waals surface area contributed by atoms with Gasteiger partial charge in [-0.25, -0.2) is 8.78 Å². The number of nitrogens with two attached hydrogens (primary N) is 1. The summed E-state index contributed by atoms with van der Waals surface area (Å²) in [5, 5.41) is 2.87. The Hall–Kier alpha value is -3.00. The number of hydrogen-bond acceptors (Lipinski definition) is 3. The van der Waals surface area contributed by atoms with E-state index < -0.39 is 23.4 Å². The van der Waals surface area contributed by atoms with Crippen molar-refractivity contribution in [3.63, 3.8) is 0 Å². The molecule has 1 heterocycles. The summed E-state index contributed by atoms with van der Waals surface area (Å²) in [6.07, 6.45) is 0.793. The van der Waals surface area contributed by atoms with Crippen molar-refractivity contribution < 1.29 is 23.2 Å². The molecule has 9 heteroatoms. The summed E-state index contributed by atoms with van der Waals surface area (Å²) in [4.78, 5) is 37.6. The molecule has 3 amide bonds. The third-order valence-corrected chi connectivity index (χ3v) is 5.13. The van der Waals surface area contributed by atoms with Gasteiger partial charge in [-0.2, -0.15) is 0 Å². The Balaban J connectivity index is 1.59. The Labute approximate surface area is 170 Å². The SMILES string of the molecule is NC(=O)c1ccc(NC(=O)C2CCN(C(=O)c3ccc(F)cc3F)CC2)cc1Cl. The van der Waals surface area contributed by atoms with Crippen molar-refractivity contribution >= 4 is 35.0 Å². The van der Waals surface area contributed by atoms with E-state index in [1.54, 1.807) is 0 Å². The van der Waals surface area contributed by atoms with Crippen molar-refractivity contribution in [2.75, 3.05) is 18.4 Å². The molecular formula is C20H18ClF2N3O3. The molecule has 0 spiro atoms. The highest BCUT2D eigenvalue weighted by Gasteiger charge is 2.29. The van der Waals surface area contributed by atoms with Crippen LogP contribution in [-0.4, -0.2) is 35.7 Å². The topological polar surface area (TPSA) is 92.5 Å². The quantitative estimate of drug-likeness (QED) is 0.793. The van der Waals surface area contributed by atoms with Gasteiger partial charge in [0.2, 0.25) is 11.8 Å². The largest absolute Gasteiger partial charge is 0.366 e. The van der Waals surface area contributed by atoms with Crippen LogP contribution in [0.2, 0.25) is 5.02 Å². The Kier molecular flexibility index (Phi) is 6.12. The maximum atomic E-state index is 13.8. The van der Waals surface area contributed by atoms with E-state index in [4.69, 9.17) is 17.3 Å². The van der Waals surface area contributed by atoms with Gasteiger partial charge in [-0.05, 0) is 43.2 Å². The van der Waals surface area contributed by atoms with Crippen molar-refractivity contribution in [3.05, 3.63) is 64.2 Å². The van der Waals surface area contributed by atoms with Crippen LogP contribution in [0.4, 0.5) is 14.5 Å². The van der Waals surface area contributed by atoms with Gasteiger partial charge in [0.25, 0.3) is 5.91 Å². The molecule has 152 valence electrons. The zero-order valence-corrected chi connectivity index (χ0v) is 16.0. The van der Waals surface area contributed by atoms with Gasteiger partial charge >= 0.3 is 0 Å². The molecule has 0 saturated carbocycles. The first-order chi connectivity index (χ1) is 13.8. The zero-order valence-electron chi connectivity index (χ0n) is 15.3. The number of benzene rings is 2. The van der Waals surface area contributed by atoms with Crippen LogP contribution in [0.5, 0.6) is 0 Å². The van der Waals surface area contributed by atoms with Gasteiger partial charge < -0.3 is 16.0 Å². The summed E-state index contributed by atoms with van der Waals surface area (Å²) in [5.41, 5.74) is 5.58. The summed E-state index contributed by atoms with van der Waals surface area (Å²) >= 11 is 5.98. The molecule has 2 aromatic rings. The molecule has 0 atom stereocenters. The Morgan fingerprint density at radius 2 is 1.69 bits per heavy atom. The number of carbonyl (C=O) groups is 3. The number of nitrogens with one attached hydrogen (secondary N) is 1. The molecule has 0 bridgehead atoms. The molecule has 3 N–H and O–H groups in total. The minimum absolute atomic E-state index is 0.136. The van der Waals surface area contributed by atoms with E-state index >= 15 is 0 Å². The highest BCUT2D eigenvalue weighted by molar-refractivity contribution is 6.34. The molecule has 1 aliphatic rings. The van der Waals surface area contributed by atoms with E-state index in [1.165, 1.54) is 23.1 Å². The second-order valence-electron chi connectivity index (χ2n) is 6.74. The average molecular weight is 422 g/mol. The second-order valence-corrected chi connectivity index (χ2v) is 7.15. The fraction of sp³-hybridized carbons (Fsp3) is 0.250. The maximum absolute atomic E-state index is 13.8. The second kappa shape index (κ2) is 8.57. The Bertz CT molecular complexity index is 975. The standard InChI is InChI=1S/C20H18ClF2N3O3/c21-16-10-13(2-4-14(16)18(24)27)25-19(28)11-5-7-26(8-6-11)20(29)15-3-1-12(22)9-17(15)23/h1-4,9-11H,5-8H2,(H2,24,27)(H,25,28). The molecule has 0 aliphatic carbocycles. The van der Waals surface area contributed by atoms with Crippen LogP contribution in [0.3, 0.4) is 0 Å². The van der Waals surface area contributed by atoms with Crippen molar-refractivity contribution in [1.82, 2.24) is 4.90 Å². The molecular weight excluding hydrogens is 404 g/mol. The number of primary amides is 1. The maximum Gasteiger partial charge on any atom is 0.256 e. The zero-order chi connectivity index (χ0) is 21.1. The highest BCUT2D eigenvalue weighted by atomic mass is 35.5. The minimum Gasteiger partial charge on any atom is -0.366 e. The van der Waals surface area contributed by atoms with E-state index in [0.717, 1.165) is 12.1 Å². The molecule has 1 fully saturated rings. The predicted molar refractivity (Wildman–Crippen MR) is 104 cm³/mol. The van der Waals surface area contributed by atoms with Gasteiger partial charge in [-0.15, -0.1) is 0 Å². The molecule has 6 nitrogen and oxygen atoms in total. The van der Waals surface area contributed by atoms with E-state index in [1.807, 2.05) is 0 Å². The van der Waals surface area contributed by atoms with Crippen LogP contribution in [0.1, 0.15) is 33.6 Å². The van der Waals surface area contributed by atoms with E-state index in [0.29, 0.717) is 24.6 Å². The number of hydrogen-bond donors (Lipinski definition) is 2. The van der Waals surface area contributed by atoms with Gasteiger partial charge in [0.05, 0.1) is 16.1 Å². The lowest BCUT2D eigenvalue weighted by Gasteiger charge is -2.31. The van der Waals surface area contributed by atoms with Crippen molar-refractivity contribution in [2.24, 2.45) is 11.7 Å². The van der Waals surface area contributed by atoms with Gasteiger partial charge in [-0.1, -0.05) is 11.6 Å². The van der Waals surface area contributed by atoms with Crippen LogP contribution < -0.4 is 11.1 Å². The van der Waals surface area contributed by atoms with Crippen LogP contribution >= 0.6 is 11.6 Å². The summed E-state index contributed by atoms with van der Waals surface area (Å²) in [7, 11) is 0. The molecule has 0 radical (unpaired) electrons. The fourth-order valence-electron chi connectivity index (χ4n) is 3.22. The number of carbonyl (C=O) groups excluding carboxylic acids is 3. The summed E-state index contributed by atoms with van der Waals surface area (Å²) in [6, 6.07) is 7.21. The van der Waals surface area contributed by atoms with Gasteiger partial charge in [0.15, 0.2) is 0 Å². The molecule has 29 heavy (non-hydrogen) atoms. The highest BCUT2D eigenvalue weighted by Crippen LogP contribution is 2.24. The first-order valence-corrected chi connectivity index (χ1v) is 9.28. The van der Waals surface area contributed by atoms with Gasteiger partial charge in [0, 0.05) is 30.8 Å². The Morgan fingerprint density at radius 1 is 1.03 bits per heavy atom.